The maximum absolute atomic E-state index is 4.20. The average molecular weight is 215 g/mol. The summed E-state index contributed by atoms with van der Waals surface area (Å²) >= 11 is 2.07. The van der Waals surface area contributed by atoms with Gasteiger partial charge in [0.15, 0.2) is 5.96 Å². The molecule has 1 atom stereocenters. The summed E-state index contributed by atoms with van der Waals surface area (Å²) in [6.45, 7) is 3.35. The van der Waals surface area contributed by atoms with Crippen LogP contribution in [0.5, 0.6) is 0 Å². The van der Waals surface area contributed by atoms with Crippen LogP contribution in [0.25, 0.3) is 0 Å². The molecule has 1 unspecified atom stereocenters. The Kier molecular flexibility index (Phi) is 4.11. The van der Waals surface area contributed by atoms with Crippen LogP contribution in [0.3, 0.4) is 0 Å². The van der Waals surface area contributed by atoms with Crippen molar-refractivity contribution in [2.24, 2.45) is 4.99 Å². The van der Waals surface area contributed by atoms with E-state index in [-0.39, 0.29) is 0 Å². The first kappa shape index (κ1) is 11.7. The molecule has 1 aliphatic rings. The van der Waals surface area contributed by atoms with E-state index in [9.17, 15) is 0 Å². The van der Waals surface area contributed by atoms with Gasteiger partial charge in [0.1, 0.15) is 0 Å². The molecule has 1 fully saturated rings. The predicted molar refractivity (Wildman–Crippen MR) is 65.1 cm³/mol. The molecule has 0 aliphatic carbocycles. The largest absolute Gasteiger partial charge is 0.355 e. The summed E-state index contributed by atoms with van der Waals surface area (Å²) < 4.78 is 0.409. The van der Waals surface area contributed by atoms with Crippen LogP contribution < -0.4 is 5.32 Å². The zero-order valence-corrected chi connectivity index (χ0v) is 10.4. The maximum Gasteiger partial charge on any atom is 0.193 e. The molecule has 0 aromatic heterocycles. The number of hydrogen-bond acceptors (Lipinski definition) is 2. The average Bonchev–Trinajstić information content (AvgIpc) is 2.53. The van der Waals surface area contributed by atoms with E-state index in [1.807, 2.05) is 26.0 Å². The normalized spacial score (nSPS) is 27.9. The molecule has 0 aromatic rings. The Morgan fingerprint density at radius 1 is 1.57 bits per heavy atom. The lowest BCUT2D eigenvalue weighted by molar-refractivity contribution is 0.541. The van der Waals surface area contributed by atoms with E-state index < -0.39 is 0 Å². The minimum Gasteiger partial charge on any atom is -0.355 e. The zero-order valence-electron chi connectivity index (χ0n) is 9.63. The number of guanidine groups is 1. The molecule has 0 radical (unpaired) electrons. The lowest BCUT2D eigenvalue weighted by atomic mass is 10.1. The van der Waals surface area contributed by atoms with E-state index in [0.717, 1.165) is 12.5 Å². The highest BCUT2D eigenvalue weighted by atomic mass is 32.2. The first-order valence-electron chi connectivity index (χ1n) is 5.09. The Hall–Kier alpha value is -0.380. The molecule has 4 heteroatoms. The molecule has 0 spiro atoms. The standard InChI is InChI=1S/C10H21N3S/c1-10(6-5-7-14-10)8-12-9(11-2)13(3)4/h5-8H2,1-4H3,(H,11,12). The minimum absolute atomic E-state index is 0.409. The second-order valence-corrected chi connectivity index (χ2v) is 5.88. The van der Waals surface area contributed by atoms with Crippen molar-refractivity contribution in [1.29, 1.82) is 0 Å². The number of aliphatic imine (C=N–C) groups is 1. The van der Waals surface area contributed by atoms with Crippen molar-refractivity contribution < 1.29 is 0 Å². The predicted octanol–water partition coefficient (Wildman–Crippen LogP) is 1.41. The van der Waals surface area contributed by atoms with Gasteiger partial charge in [-0.1, -0.05) is 0 Å². The lowest BCUT2D eigenvalue weighted by Gasteiger charge is -2.26. The third-order valence-corrected chi connectivity index (χ3v) is 4.09. The third-order valence-electron chi connectivity index (χ3n) is 2.56. The first-order valence-corrected chi connectivity index (χ1v) is 6.08. The van der Waals surface area contributed by atoms with Crippen molar-refractivity contribution in [2.45, 2.75) is 24.5 Å². The molecule has 1 heterocycles. The van der Waals surface area contributed by atoms with Crippen LogP contribution in [0.2, 0.25) is 0 Å². The van der Waals surface area contributed by atoms with Crippen LogP contribution in [0, 0.1) is 0 Å². The van der Waals surface area contributed by atoms with E-state index in [1.54, 1.807) is 0 Å². The second kappa shape index (κ2) is 4.91. The SMILES string of the molecule is CN=C(NCC1(C)CCCS1)N(C)C. The van der Waals surface area contributed by atoms with Crippen molar-refractivity contribution in [1.82, 2.24) is 10.2 Å². The fourth-order valence-corrected chi connectivity index (χ4v) is 2.92. The summed E-state index contributed by atoms with van der Waals surface area (Å²) in [6, 6.07) is 0. The number of nitrogens with one attached hydrogen (secondary N) is 1. The zero-order chi connectivity index (χ0) is 10.6. The van der Waals surface area contributed by atoms with Crippen molar-refractivity contribution in [3.05, 3.63) is 0 Å². The van der Waals surface area contributed by atoms with Crippen LogP contribution in [-0.2, 0) is 0 Å². The molecule has 0 aromatic carbocycles. The van der Waals surface area contributed by atoms with Crippen LogP contribution in [0.1, 0.15) is 19.8 Å². The maximum atomic E-state index is 4.20. The van der Waals surface area contributed by atoms with Gasteiger partial charge in [-0.3, -0.25) is 4.99 Å². The van der Waals surface area contributed by atoms with Gasteiger partial charge in [-0.25, -0.2) is 0 Å². The summed E-state index contributed by atoms with van der Waals surface area (Å²) in [5.74, 6) is 2.28. The summed E-state index contributed by atoms with van der Waals surface area (Å²) in [5.41, 5.74) is 0. The highest BCUT2D eigenvalue weighted by molar-refractivity contribution is 8.00. The fourth-order valence-electron chi connectivity index (χ4n) is 1.68. The number of hydrogen-bond donors (Lipinski definition) is 1. The fraction of sp³-hybridized carbons (Fsp3) is 0.900. The molecule has 3 nitrogen and oxygen atoms in total. The molecule has 0 amide bonds. The molecule has 82 valence electrons. The molecular formula is C10H21N3S. The monoisotopic (exact) mass is 215 g/mol. The Morgan fingerprint density at radius 3 is 2.71 bits per heavy atom. The molecular weight excluding hydrogens is 194 g/mol. The molecule has 0 bridgehead atoms. The molecule has 1 aliphatic heterocycles. The van der Waals surface area contributed by atoms with Crippen molar-refractivity contribution in [3.63, 3.8) is 0 Å². The van der Waals surface area contributed by atoms with Gasteiger partial charge in [0.2, 0.25) is 0 Å². The van der Waals surface area contributed by atoms with Gasteiger partial charge in [-0.15, -0.1) is 0 Å². The summed E-state index contributed by atoms with van der Waals surface area (Å²) in [5, 5.41) is 3.41. The second-order valence-electron chi connectivity index (χ2n) is 4.20. The summed E-state index contributed by atoms with van der Waals surface area (Å²) in [7, 11) is 5.85. The highest BCUT2D eigenvalue weighted by Gasteiger charge is 2.29. The van der Waals surface area contributed by atoms with Crippen LogP contribution in [0.15, 0.2) is 4.99 Å². The molecule has 14 heavy (non-hydrogen) atoms. The van der Waals surface area contributed by atoms with Gasteiger partial charge in [0.25, 0.3) is 0 Å². The van der Waals surface area contributed by atoms with Crippen LogP contribution in [0.4, 0.5) is 0 Å². The number of rotatable bonds is 2. The van der Waals surface area contributed by atoms with Crippen LogP contribution in [-0.4, -0.2) is 49.0 Å². The highest BCUT2D eigenvalue weighted by Crippen LogP contribution is 2.36. The van der Waals surface area contributed by atoms with Gasteiger partial charge < -0.3 is 10.2 Å². The van der Waals surface area contributed by atoms with E-state index in [1.165, 1.54) is 18.6 Å². The third kappa shape index (κ3) is 3.08. The van der Waals surface area contributed by atoms with Crippen LogP contribution >= 0.6 is 11.8 Å². The Bertz CT molecular complexity index is 207. The summed E-state index contributed by atoms with van der Waals surface area (Å²) in [4.78, 5) is 6.22. The molecule has 1 rings (SSSR count). The minimum atomic E-state index is 0.409. The summed E-state index contributed by atoms with van der Waals surface area (Å²) in [6.07, 6.45) is 2.67. The van der Waals surface area contributed by atoms with E-state index in [0.29, 0.717) is 4.75 Å². The topological polar surface area (TPSA) is 27.6 Å². The van der Waals surface area contributed by atoms with E-state index in [4.69, 9.17) is 0 Å². The molecule has 0 saturated carbocycles. The smallest absolute Gasteiger partial charge is 0.193 e. The van der Waals surface area contributed by atoms with Gasteiger partial charge in [-0.2, -0.15) is 11.8 Å². The van der Waals surface area contributed by atoms with Crippen molar-refractivity contribution in [3.8, 4) is 0 Å². The molecule has 1 saturated heterocycles. The van der Waals surface area contributed by atoms with Gasteiger partial charge in [0.05, 0.1) is 0 Å². The van der Waals surface area contributed by atoms with Gasteiger partial charge in [-0.05, 0) is 25.5 Å². The van der Waals surface area contributed by atoms with Gasteiger partial charge in [0, 0.05) is 32.4 Å². The Labute approximate surface area is 91.3 Å². The Morgan fingerprint density at radius 2 is 2.29 bits per heavy atom. The lowest BCUT2D eigenvalue weighted by Crippen LogP contribution is -2.42. The van der Waals surface area contributed by atoms with Crippen molar-refractivity contribution >= 4 is 17.7 Å². The molecule has 1 N–H and O–H groups in total. The number of thioether (sulfide) groups is 1. The number of nitrogens with zero attached hydrogens (tertiary/aromatic N) is 2. The van der Waals surface area contributed by atoms with Gasteiger partial charge >= 0.3 is 0 Å². The Balaban J connectivity index is 2.38. The van der Waals surface area contributed by atoms with E-state index in [2.05, 4.69) is 29.0 Å². The van der Waals surface area contributed by atoms with E-state index >= 15 is 0 Å². The van der Waals surface area contributed by atoms with Crippen molar-refractivity contribution in [2.75, 3.05) is 33.4 Å². The first-order chi connectivity index (χ1) is 6.57. The quantitative estimate of drug-likeness (QED) is 0.557.